The van der Waals surface area contributed by atoms with Crippen LogP contribution in [0.5, 0.6) is 5.75 Å². The molecular formula is C23H25NO6S. The summed E-state index contributed by atoms with van der Waals surface area (Å²) < 4.78 is 29.6. The lowest BCUT2D eigenvalue weighted by molar-refractivity contribution is -0.139. The second kappa shape index (κ2) is 11.3. The number of hydrogen-bond acceptors (Lipinski definition) is 5. The number of phenols is 1. The Bertz CT molecular complexity index is 1070. The minimum absolute atomic E-state index is 0.0666. The number of aryl methyl sites for hydroxylation is 1. The van der Waals surface area contributed by atoms with Gasteiger partial charge in [0.05, 0.1) is 4.90 Å². The van der Waals surface area contributed by atoms with Crippen LogP contribution in [-0.2, 0) is 27.9 Å². The first-order valence-electron chi connectivity index (χ1n) is 9.47. The molecule has 164 valence electrons. The van der Waals surface area contributed by atoms with Crippen LogP contribution in [0.2, 0.25) is 0 Å². The zero-order chi connectivity index (χ0) is 22.9. The molecule has 0 amide bonds. The first kappa shape index (κ1) is 24.1. The van der Waals surface area contributed by atoms with Crippen molar-refractivity contribution in [2.24, 2.45) is 0 Å². The maximum atomic E-state index is 11.3. The van der Waals surface area contributed by atoms with Crippen molar-refractivity contribution in [2.45, 2.75) is 30.8 Å². The molecule has 0 aliphatic heterocycles. The lowest BCUT2D eigenvalue weighted by Crippen LogP contribution is -2.38. The fourth-order valence-corrected chi connectivity index (χ4v) is 3.14. The van der Waals surface area contributed by atoms with E-state index in [4.69, 9.17) is 4.55 Å². The Hall–Kier alpha value is -3.20. The minimum atomic E-state index is -4.02. The molecule has 0 saturated carbocycles. The number of rotatable bonds is 7. The summed E-state index contributed by atoms with van der Waals surface area (Å²) in [6, 6.07) is 21.6. The van der Waals surface area contributed by atoms with Gasteiger partial charge in [-0.15, -0.1) is 0 Å². The Labute approximate surface area is 181 Å². The van der Waals surface area contributed by atoms with Gasteiger partial charge in [-0.3, -0.25) is 9.35 Å². The lowest BCUT2D eigenvalue weighted by atomic mass is 10.1. The largest absolute Gasteiger partial charge is 0.508 e. The van der Waals surface area contributed by atoms with E-state index in [-0.39, 0.29) is 10.6 Å². The summed E-state index contributed by atoms with van der Waals surface area (Å²) in [5, 5.41) is 21.5. The smallest absolute Gasteiger partial charge is 0.321 e. The molecule has 0 heterocycles. The van der Waals surface area contributed by atoms with E-state index in [1.807, 2.05) is 37.3 Å². The van der Waals surface area contributed by atoms with Gasteiger partial charge in [0.15, 0.2) is 0 Å². The SMILES string of the molecule is Cc1ccc(S(=O)(=O)O)cc1.O=C(O)[C@H](Cc1ccc(O)cc1)NCc1ccccc1. The topological polar surface area (TPSA) is 124 Å². The van der Waals surface area contributed by atoms with Gasteiger partial charge in [0.1, 0.15) is 11.8 Å². The molecule has 3 rings (SSSR count). The highest BCUT2D eigenvalue weighted by molar-refractivity contribution is 7.85. The van der Waals surface area contributed by atoms with Crippen molar-refractivity contribution in [3.8, 4) is 5.75 Å². The molecule has 0 fully saturated rings. The third-order valence-electron chi connectivity index (χ3n) is 4.39. The highest BCUT2D eigenvalue weighted by Crippen LogP contribution is 2.12. The van der Waals surface area contributed by atoms with Crippen LogP contribution < -0.4 is 5.32 Å². The van der Waals surface area contributed by atoms with Crippen molar-refractivity contribution in [1.82, 2.24) is 5.32 Å². The fraction of sp³-hybridized carbons (Fsp3) is 0.174. The van der Waals surface area contributed by atoms with Gasteiger partial charge in [0.2, 0.25) is 0 Å². The number of aliphatic carboxylic acids is 1. The number of carboxylic acids is 1. The van der Waals surface area contributed by atoms with Crippen molar-refractivity contribution < 1.29 is 28.0 Å². The lowest BCUT2D eigenvalue weighted by Gasteiger charge is -2.14. The standard InChI is InChI=1S/C16H17NO3.C7H8O3S/c18-14-8-6-12(7-9-14)10-15(16(19)20)17-11-13-4-2-1-3-5-13;1-6-2-4-7(5-3-6)11(8,9)10/h1-9,15,17-18H,10-11H2,(H,19,20);2-5H,1H3,(H,8,9,10)/t15-;/m0./s1. The predicted molar refractivity (Wildman–Crippen MR) is 118 cm³/mol. The van der Waals surface area contributed by atoms with E-state index in [1.54, 1.807) is 36.4 Å². The third kappa shape index (κ3) is 8.59. The molecule has 0 saturated heterocycles. The molecule has 0 unspecified atom stereocenters. The van der Waals surface area contributed by atoms with E-state index < -0.39 is 22.1 Å². The Morgan fingerprint density at radius 1 is 0.903 bits per heavy atom. The van der Waals surface area contributed by atoms with Crippen LogP contribution >= 0.6 is 0 Å². The van der Waals surface area contributed by atoms with Gasteiger partial charge in [0, 0.05) is 6.54 Å². The molecule has 0 spiro atoms. The monoisotopic (exact) mass is 443 g/mol. The first-order chi connectivity index (χ1) is 14.6. The summed E-state index contributed by atoms with van der Waals surface area (Å²) in [5.41, 5.74) is 2.87. The van der Waals surface area contributed by atoms with E-state index in [0.29, 0.717) is 13.0 Å². The van der Waals surface area contributed by atoms with Crippen LogP contribution in [-0.4, -0.2) is 35.2 Å². The van der Waals surface area contributed by atoms with E-state index in [9.17, 15) is 23.4 Å². The Balaban J connectivity index is 0.000000262. The zero-order valence-electron chi connectivity index (χ0n) is 17.0. The molecule has 1 atom stereocenters. The summed E-state index contributed by atoms with van der Waals surface area (Å²) >= 11 is 0. The molecule has 7 nitrogen and oxygen atoms in total. The van der Waals surface area contributed by atoms with Crippen molar-refractivity contribution in [1.29, 1.82) is 0 Å². The molecule has 3 aromatic rings. The zero-order valence-corrected chi connectivity index (χ0v) is 17.8. The van der Waals surface area contributed by atoms with Crippen LogP contribution in [0.3, 0.4) is 0 Å². The van der Waals surface area contributed by atoms with Gasteiger partial charge in [-0.2, -0.15) is 8.42 Å². The predicted octanol–water partition coefficient (Wildman–Crippen LogP) is 3.42. The van der Waals surface area contributed by atoms with Crippen molar-refractivity contribution in [3.05, 3.63) is 95.6 Å². The number of benzene rings is 3. The molecule has 0 aliphatic carbocycles. The van der Waals surface area contributed by atoms with E-state index in [0.717, 1.165) is 16.7 Å². The van der Waals surface area contributed by atoms with Crippen LogP contribution in [0.15, 0.2) is 83.8 Å². The second-order valence-electron chi connectivity index (χ2n) is 6.92. The molecule has 0 aromatic heterocycles. The molecule has 0 bridgehead atoms. The second-order valence-corrected chi connectivity index (χ2v) is 8.34. The Morgan fingerprint density at radius 3 is 2.00 bits per heavy atom. The van der Waals surface area contributed by atoms with Crippen LogP contribution in [0.25, 0.3) is 0 Å². The van der Waals surface area contributed by atoms with Crippen molar-refractivity contribution in [3.63, 3.8) is 0 Å². The first-order valence-corrected chi connectivity index (χ1v) is 10.9. The number of nitrogens with one attached hydrogen (secondary N) is 1. The summed E-state index contributed by atoms with van der Waals surface area (Å²) in [6.07, 6.45) is 0.377. The number of carboxylic acid groups (broad SMARTS) is 1. The summed E-state index contributed by atoms with van der Waals surface area (Å²) in [6.45, 7) is 2.35. The number of phenolic OH excluding ortho intramolecular Hbond substituents is 1. The number of hydrogen-bond donors (Lipinski definition) is 4. The van der Waals surface area contributed by atoms with Crippen LogP contribution in [0.4, 0.5) is 0 Å². The fourth-order valence-electron chi connectivity index (χ4n) is 2.66. The van der Waals surface area contributed by atoms with Gasteiger partial charge in [0.25, 0.3) is 10.1 Å². The molecule has 0 aliphatic rings. The molecule has 8 heteroatoms. The van der Waals surface area contributed by atoms with E-state index in [1.165, 1.54) is 12.1 Å². The highest BCUT2D eigenvalue weighted by Gasteiger charge is 2.17. The van der Waals surface area contributed by atoms with Crippen molar-refractivity contribution in [2.75, 3.05) is 0 Å². The van der Waals surface area contributed by atoms with Gasteiger partial charge < -0.3 is 15.5 Å². The maximum Gasteiger partial charge on any atom is 0.321 e. The quantitative estimate of drug-likeness (QED) is 0.413. The Morgan fingerprint density at radius 2 is 1.48 bits per heavy atom. The molecule has 0 radical (unpaired) electrons. The van der Waals surface area contributed by atoms with Crippen LogP contribution in [0.1, 0.15) is 16.7 Å². The van der Waals surface area contributed by atoms with Gasteiger partial charge in [-0.25, -0.2) is 0 Å². The Kier molecular flexibility index (Phi) is 8.75. The highest BCUT2D eigenvalue weighted by atomic mass is 32.2. The molecule has 3 aromatic carbocycles. The molecule has 31 heavy (non-hydrogen) atoms. The number of aromatic hydroxyl groups is 1. The summed E-state index contributed by atoms with van der Waals surface area (Å²) in [4.78, 5) is 11.2. The summed E-state index contributed by atoms with van der Waals surface area (Å²) in [5.74, 6) is -0.702. The third-order valence-corrected chi connectivity index (χ3v) is 5.26. The average molecular weight is 444 g/mol. The van der Waals surface area contributed by atoms with Crippen LogP contribution in [0, 0.1) is 6.92 Å². The molecular weight excluding hydrogens is 418 g/mol. The minimum Gasteiger partial charge on any atom is -0.508 e. The molecule has 4 N–H and O–H groups in total. The van der Waals surface area contributed by atoms with E-state index >= 15 is 0 Å². The van der Waals surface area contributed by atoms with Gasteiger partial charge in [-0.1, -0.05) is 60.2 Å². The normalized spacial score (nSPS) is 11.8. The number of carbonyl (C=O) groups is 1. The van der Waals surface area contributed by atoms with Gasteiger partial charge >= 0.3 is 5.97 Å². The van der Waals surface area contributed by atoms with Crippen molar-refractivity contribution >= 4 is 16.1 Å². The van der Waals surface area contributed by atoms with E-state index in [2.05, 4.69) is 5.32 Å². The summed E-state index contributed by atoms with van der Waals surface area (Å²) in [7, 11) is -4.02. The average Bonchev–Trinajstić information content (AvgIpc) is 2.73. The maximum absolute atomic E-state index is 11.3. The van der Waals surface area contributed by atoms with Gasteiger partial charge in [-0.05, 0) is 48.7 Å².